The second-order valence-corrected chi connectivity index (χ2v) is 5.07. The number of nitrogens with two attached hydrogens (primary N) is 1. The van der Waals surface area contributed by atoms with Crippen molar-refractivity contribution in [3.05, 3.63) is 53.3 Å². The zero-order chi connectivity index (χ0) is 16.6. The van der Waals surface area contributed by atoms with E-state index in [1.807, 2.05) is 0 Å². The van der Waals surface area contributed by atoms with Gasteiger partial charge in [0, 0.05) is 22.8 Å². The Hall–Kier alpha value is -2.61. The summed E-state index contributed by atoms with van der Waals surface area (Å²) in [7, 11) is 0. The van der Waals surface area contributed by atoms with Crippen LogP contribution >= 0.6 is 11.6 Å². The summed E-state index contributed by atoms with van der Waals surface area (Å²) in [5.74, 6) is 0.0458. The molecule has 2 aromatic heterocycles. The van der Waals surface area contributed by atoms with Gasteiger partial charge in [0.2, 0.25) is 0 Å². The van der Waals surface area contributed by atoms with Crippen LogP contribution in [0, 0.1) is 0 Å². The van der Waals surface area contributed by atoms with Crippen molar-refractivity contribution in [3.8, 4) is 17.2 Å². The number of aromatic nitrogens is 4. The number of nitrogen functional groups attached to an aromatic ring is 1. The van der Waals surface area contributed by atoms with Gasteiger partial charge in [-0.1, -0.05) is 23.7 Å². The quantitative estimate of drug-likeness (QED) is 0.774. The summed E-state index contributed by atoms with van der Waals surface area (Å²) < 4.78 is 38.8. The van der Waals surface area contributed by atoms with Gasteiger partial charge >= 0.3 is 6.18 Å². The lowest BCUT2D eigenvalue weighted by Crippen LogP contribution is -2.09. The molecule has 0 amide bonds. The minimum atomic E-state index is -4.54. The fourth-order valence-corrected chi connectivity index (χ4v) is 2.13. The van der Waals surface area contributed by atoms with E-state index in [-0.39, 0.29) is 11.8 Å². The Bertz CT molecular complexity index is 860. The van der Waals surface area contributed by atoms with Gasteiger partial charge in [0.25, 0.3) is 5.95 Å². The molecule has 3 aromatic rings. The Morgan fingerprint density at radius 2 is 1.87 bits per heavy atom. The minimum absolute atomic E-state index is 0.0597. The Labute approximate surface area is 133 Å². The minimum Gasteiger partial charge on any atom is -0.384 e. The van der Waals surface area contributed by atoms with Crippen LogP contribution in [0.2, 0.25) is 5.02 Å². The first-order valence-corrected chi connectivity index (χ1v) is 6.74. The van der Waals surface area contributed by atoms with Gasteiger partial charge in [-0.25, -0.2) is 9.67 Å². The van der Waals surface area contributed by atoms with E-state index in [1.54, 1.807) is 24.3 Å². The Morgan fingerprint density at radius 3 is 2.52 bits per heavy atom. The third-order valence-electron chi connectivity index (χ3n) is 2.94. The number of nitrogens with zero attached hydrogens (tertiary/aromatic N) is 4. The highest BCUT2D eigenvalue weighted by atomic mass is 35.5. The summed E-state index contributed by atoms with van der Waals surface area (Å²) in [4.78, 5) is 8.11. The molecule has 1 aromatic carbocycles. The molecule has 0 aliphatic carbocycles. The maximum Gasteiger partial charge on any atom is 0.435 e. The lowest BCUT2D eigenvalue weighted by Gasteiger charge is -2.06. The highest BCUT2D eigenvalue weighted by Crippen LogP contribution is 2.28. The van der Waals surface area contributed by atoms with E-state index in [1.165, 1.54) is 6.07 Å². The first-order chi connectivity index (χ1) is 10.8. The fourth-order valence-electron chi connectivity index (χ4n) is 1.94. The predicted octanol–water partition coefficient (Wildman–Crippen LogP) is 3.58. The molecule has 118 valence electrons. The number of benzene rings is 1. The van der Waals surface area contributed by atoms with E-state index in [4.69, 9.17) is 17.3 Å². The molecule has 0 saturated carbocycles. The van der Waals surface area contributed by atoms with Crippen LogP contribution in [0.25, 0.3) is 17.2 Å². The number of anilines is 1. The summed E-state index contributed by atoms with van der Waals surface area (Å²) in [5, 5.41) is 3.93. The van der Waals surface area contributed by atoms with Gasteiger partial charge in [0.1, 0.15) is 5.82 Å². The van der Waals surface area contributed by atoms with Gasteiger partial charge in [-0.05, 0) is 18.2 Å². The zero-order valence-corrected chi connectivity index (χ0v) is 12.2. The molecule has 2 heterocycles. The second kappa shape index (κ2) is 5.54. The average molecular weight is 340 g/mol. The highest BCUT2D eigenvalue weighted by molar-refractivity contribution is 6.30. The number of halogens is 4. The van der Waals surface area contributed by atoms with Crippen molar-refractivity contribution in [2.24, 2.45) is 0 Å². The lowest BCUT2D eigenvalue weighted by molar-refractivity contribution is -0.141. The second-order valence-electron chi connectivity index (χ2n) is 4.63. The molecular formula is C14H9ClF3N5. The monoisotopic (exact) mass is 339 g/mol. The van der Waals surface area contributed by atoms with Crippen molar-refractivity contribution in [2.45, 2.75) is 6.18 Å². The molecule has 0 aliphatic heterocycles. The number of hydrogen-bond donors (Lipinski definition) is 1. The van der Waals surface area contributed by atoms with E-state index >= 15 is 0 Å². The number of hydrogen-bond acceptors (Lipinski definition) is 4. The van der Waals surface area contributed by atoms with Crippen molar-refractivity contribution in [2.75, 3.05) is 5.73 Å². The molecule has 0 aliphatic rings. The third-order valence-corrected chi connectivity index (χ3v) is 3.17. The zero-order valence-electron chi connectivity index (χ0n) is 11.4. The van der Waals surface area contributed by atoms with Gasteiger partial charge < -0.3 is 5.73 Å². The van der Waals surface area contributed by atoms with Crippen LogP contribution in [0.5, 0.6) is 0 Å². The van der Waals surface area contributed by atoms with Crippen LogP contribution in [-0.4, -0.2) is 19.7 Å². The molecule has 0 atom stereocenters. The molecule has 0 saturated heterocycles. The van der Waals surface area contributed by atoms with Crippen molar-refractivity contribution in [1.82, 2.24) is 19.7 Å². The maximum atomic E-state index is 12.6. The van der Waals surface area contributed by atoms with Crippen molar-refractivity contribution in [3.63, 3.8) is 0 Å². The molecule has 3 rings (SSSR count). The van der Waals surface area contributed by atoms with Crippen LogP contribution in [0.15, 0.2) is 42.6 Å². The van der Waals surface area contributed by atoms with Crippen molar-refractivity contribution in [1.29, 1.82) is 0 Å². The largest absolute Gasteiger partial charge is 0.435 e. The van der Waals surface area contributed by atoms with E-state index in [0.717, 1.165) is 16.9 Å². The van der Waals surface area contributed by atoms with Crippen LogP contribution < -0.4 is 5.73 Å². The van der Waals surface area contributed by atoms with Gasteiger partial charge in [0.15, 0.2) is 5.69 Å². The van der Waals surface area contributed by atoms with E-state index < -0.39 is 11.9 Å². The molecular weight excluding hydrogens is 331 g/mol. The van der Waals surface area contributed by atoms with Crippen LogP contribution in [0.4, 0.5) is 19.0 Å². The molecule has 2 N–H and O–H groups in total. The SMILES string of the molecule is Nc1cc(-c2cccc(Cl)c2)nc(-n2ccc(C(F)(F)F)n2)n1. The van der Waals surface area contributed by atoms with Crippen LogP contribution in [0.1, 0.15) is 5.69 Å². The summed E-state index contributed by atoms with van der Waals surface area (Å²) in [5.41, 5.74) is 5.78. The normalized spacial score (nSPS) is 11.7. The summed E-state index contributed by atoms with van der Waals surface area (Å²) in [6.45, 7) is 0. The summed E-state index contributed by atoms with van der Waals surface area (Å²) >= 11 is 5.93. The first-order valence-electron chi connectivity index (χ1n) is 6.37. The van der Waals surface area contributed by atoms with Crippen molar-refractivity contribution < 1.29 is 13.2 Å². The van der Waals surface area contributed by atoms with Gasteiger partial charge in [0.05, 0.1) is 5.69 Å². The van der Waals surface area contributed by atoms with Gasteiger partial charge in [-0.2, -0.15) is 23.3 Å². The molecule has 0 bridgehead atoms. The van der Waals surface area contributed by atoms with E-state index in [9.17, 15) is 13.2 Å². The predicted molar refractivity (Wildman–Crippen MR) is 79.0 cm³/mol. The average Bonchev–Trinajstić information content (AvgIpc) is 2.96. The topological polar surface area (TPSA) is 69.6 Å². The molecule has 23 heavy (non-hydrogen) atoms. The van der Waals surface area contributed by atoms with Crippen LogP contribution in [0.3, 0.4) is 0 Å². The lowest BCUT2D eigenvalue weighted by atomic mass is 10.1. The van der Waals surface area contributed by atoms with E-state index in [2.05, 4.69) is 15.1 Å². The third kappa shape index (κ3) is 3.26. The van der Waals surface area contributed by atoms with E-state index in [0.29, 0.717) is 16.3 Å². The molecule has 5 nitrogen and oxygen atoms in total. The Kier molecular flexibility index (Phi) is 3.69. The number of rotatable bonds is 2. The fraction of sp³-hybridized carbons (Fsp3) is 0.0714. The summed E-state index contributed by atoms with van der Waals surface area (Å²) in [6.07, 6.45) is -3.42. The smallest absolute Gasteiger partial charge is 0.384 e. The molecule has 0 spiro atoms. The first kappa shape index (κ1) is 15.3. The maximum absolute atomic E-state index is 12.6. The van der Waals surface area contributed by atoms with Crippen LogP contribution in [-0.2, 0) is 6.18 Å². The Balaban J connectivity index is 2.06. The van der Waals surface area contributed by atoms with Gasteiger partial charge in [-0.15, -0.1) is 0 Å². The number of alkyl halides is 3. The van der Waals surface area contributed by atoms with Gasteiger partial charge in [-0.3, -0.25) is 0 Å². The highest BCUT2D eigenvalue weighted by Gasteiger charge is 2.33. The summed E-state index contributed by atoms with van der Waals surface area (Å²) in [6, 6.07) is 9.18. The van der Waals surface area contributed by atoms with Crippen molar-refractivity contribution >= 4 is 17.4 Å². The Morgan fingerprint density at radius 1 is 1.09 bits per heavy atom. The molecule has 0 radical (unpaired) electrons. The molecule has 0 fully saturated rings. The standard InChI is InChI=1S/C14H9ClF3N5/c15-9-3-1-2-8(6-9)10-7-12(19)21-13(20-10)23-5-4-11(22-23)14(16,17)18/h1-7H,(H2,19,20,21). The molecule has 0 unspecified atom stereocenters. The molecule has 9 heteroatoms.